The Balaban J connectivity index is 1.56. The van der Waals surface area contributed by atoms with Crippen LogP contribution in [-0.2, 0) is 4.79 Å². The number of amides is 1. The minimum atomic E-state index is 0.0859. The summed E-state index contributed by atoms with van der Waals surface area (Å²) in [6.07, 6.45) is 5.84. The van der Waals surface area contributed by atoms with E-state index in [1.807, 2.05) is 12.1 Å². The monoisotopic (exact) mass is 295 g/mol. The van der Waals surface area contributed by atoms with Crippen LogP contribution in [0.15, 0.2) is 48.8 Å². The predicted molar refractivity (Wildman–Crippen MR) is 87.3 cm³/mol. The fourth-order valence-electron chi connectivity index (χ4n) is 2.38. The zero-order chi connectivity index (χ0) is 15.4. The molecule has 0 spiro atoms. The van der Waals surface area contributed by atoms with Crippen LogP contribution >= 0.6 is 0 Å². The number of rotatable bonds is 6. The van der Waals surface area contributed by atoms with Gasteiger partial charge in [-0.1, -0.05) is 24.3 Å². The molecule has 0 saturated heterocycles. The fourth-order valence-corrected chi connectivity index (χ4v) is 2.38. The maximum absolute atomic E-state index is 11.7. The predicted octanol–water partition coefficient (Wildman–Crippen LogP) is 2.68. The molecule has 1 saturated carbocycles. The molecule has 3 rings (SSSR count). The van der Waals surface area contributed by atoms with Gasteiger partial charge in [-0.3, -0.25) is 9.78 Å². The van der Waals surface area contributed by atoms with Crippen molar-refractivity contribution in [3.8, 4) is 11.1 Å². The number of pyridine rings is 1. The molecule has 22 heavy (non-hydrogen) atoms. The first-order valence-electron chi connectivity index (χ1n) is 7.75. The van der Waals surface area contributed by atoms with E-state index in [-0.39, 0.29) is 11.9 Å². The van der Waals surface area contributed by atoms with E-state index < -0.39 is 0 Å². The zero-order valence-corrected chi connectivity index (χ0v) is 12.8. The van der Waals surface area contributed by atoms with Gasteiger partial charge in [-0.25, -0.2) is 0 Å². The van der Waals surface area contributed by atoms with Crippen LogP contribution in [0, 0.1) is 0 Å². The van der Waals surface area contributed by atoms with Crippen LogP contribution in [0.3, 0.4) is 0 Å². The summed E-state index contributed by atoms with van der Waals surface area (Å²) in [5.41, 5.74) is 3.51. The zero-order valence-electron chi connectivity index (χ0n) is 12.8. The molecule has 1 aromatic heterocycles. The quantitative estimate of drug-likeness (QED) is 0.861. The summed E-state index contributed by atoms with van der Waals surface area (Å²) in [7, 11) is 0. The number of carbonyl (C=O) groups is 1. The highest BCUT2D eigenvalue weighted by Gasteiger charge is 2.23. The second-order valence-corrected chi connectivity index (χ2v) is 5.80. The fraction of sp³-hybridized carbons (Fsp3) is 0.333. The molecule has 1 fully saturated rings. The molecule has 1 aliphatic carbocycles. The maximum atomic E-state index is 11.7. The Bertz CT molecular complexity index is 621. The van der Waals surface area contributed by atoms with Crippen LogP contribution in [0.25, 0.3) is 11.1 Å². The molecule has 0 unspecified atom stereocenters. The lowest BCUT2D eigenvalue weighted by molar-refractivity contribution is -0.120. The molecular weight excluding hydrogens is 274 g/mol. The number of carbonyl (C=O) groups excluding carboxylic acids is 1. The SMILES string of the molecule is C[C@@H](NCC(=O)NC1CC1)c1ccc(-c2ccncc2)cc1. The van der Waals surface area contributed by atoms with E-state index in [1.165, 1.54) is 11.1 Å². The summed E-state index contributed by atoms with van der Waals surface area (Å²) in [6, 6.07) is 13.0. The van der Waals surface area contributed by atoms with Gasteiger partial charge in [0.25, 0.3) is 0 Å². The van der Waals surface area contributed by atoms with Gasteiger partial charge >= 0.3 is 0 Å². The Kier molecular flexibility index (Phi) is 4.49. The lowest BCUT2D eigenvalue weighted by Crippen LogP contribution is -2.36. The number of nitrogens with one attached hydrogen (secondary N) is 2. The maximum Gasteiger partial charge on any atom is 0.234 e. The third-order valence-corrected chi connectivity index (χ3v) is 3.94. The Labute approximate surface area is 131 Å². The van der Waals surface area contributed by atoms with Gasteiger partial charge in [-0.2, -0.15) is 0 Å². The summed E-state index contributed by atoms with van der Waals surface area (Å²) >= 11 is 0. The van der Waals surface area contributed by atoms with Crippen molar-refractivity contribution in [2.75, 3.05) is 6.54 Å². The van der Waals surface area contributed by atoms with Gasteiger partial charge in [0.05, 0.1) is 6.54 Å². The molecule has 1 atom stereocenters. The molecule has 114 valence electrons. The highest BCUT2D eigenvalue weighted by molar-refractivity contribution is 5.78. The molecule has 2 aromatic rings. The Morgan fingerprint density at radius 3 is 2.41 bits per heavy atom. The highest BCUT2D eigenvalue weighted by Crippen LogP contribution is 2.21. The van der Waals surface area contributed by atoms with Gasteiger partial charge in [-0.05, 0) is 48.6 Å². The van der Waals surface area contributed by atoms with Crippen molar-refractivity contribution >= 4 is 5.91 Å². The van der Waals surface area contributed by atoms with E-state index in [1.54, 1.807) is 12.4 Å². The van der Waals surface area contributed by atoms with Crippen molar-refractivity contribution in [2.45, 2.75) is 31.8 Å². The van der Waals surface area contributed by atoms with Crippen molar-refractivity contribution in [3.63, 3.8) is 0 Å². The molecule has 4 nitrogen and oxygen atoms in total. The van der Waals surface area contributed by atoms with Crippen molar-refractivity contribution in [2.24, 2.45) is 0 Å². The molecule has 1 heterocycles. The van der Waals surface area contributed by atoms with Gasteiger partial charge in [0, 0.05) is 24.5 Å². The normalized spacial score (nSPS) is 15.3. The number of hydrogen-bond acceptors (Lipinski definition) is 3. The number of hydrogen-bond donors (Lipinski definition) is 2. The molecule has 4 heteroatoms. The minimum absolute atomic E-state index is 0.0859. The number of nitrogens with zero attached hydrogens (tertiary/aromatic N) is 1. The van der Waals surface area contributed by atoms with Gasteiger partial charge in [0.1, 0.15) is 0 Å². The van der Waals surface area contributed by atoms with E-state index in [4.69, 9.17) is 0 Å². The van der Waals surface area contributed by atoms with E-state index >= 15 is 0 Å². The summed E-state index contributed by atoms with van der Waals surface area (Å²) < 4.78 is 0. The van der Waals surface area contributed by atoms with E-state index in [0.29, 0.717) is 12.6 Å². The first-order chi connectivity index (χ1) is 10.7. The topological polar surface area (TPSA) is 54.0 Å². The third kappa shape index (κ3) is 3.92. The first kappa shape index (κ1) is 14.7. The van der Waals surface area contributed by atoms with Crippen LogP contribution in [0.5, 0.6) is 0 Å². The minimum Gasteiger partial charge on any atom is -0.352 e. The van der Waals surface area contributed by atoms with Crippen LogP contribution < -0.4 is 10.6 Å². The number of aromatic nitrogens is 1. The summed E-state index contributed by atoms with van der Waals surface area (Å²) in [5, 5.41) is 6.25. The van der Waals surface area contributed by atoms with Crippen LogP contribution in [-0.4, -0.2) is 23.5 Å². The molecule has 0 bridgehead atoms. The molecule has 0 radical (unpaired) electrons. The summed E-state index contributed by atoms with van der Waals surface area (Å²) in [6.45, 7) is 2.44. The second-order valence-electron chi connectivity index (χ2n) is 5.80. The smallest absolute Gasteiger partial charge is 0.234 e. The van der Waals surface area contributed by atoms with Gasteiger partial charge in [0.15, 0.2) is 0 Å². The lowest BCUT2D eigenvalue weighted by Gasteiger charge is -2.14. The Morgan fingerprint density at radius 2 is 1.77 bits per heavy atom. The molecular formula is C18H21N3O. The summed E-state index contributed by atoms with van der Waals surface area (Å²) in [5.74, 6) is 0.0859. The standard InChI is InChI=1S/C18H21N3O/c1-13(20-12-18(22)21-17-6-7-17)14-2-4-15(5-3-14)16-8-10-19-11-9-16/h2-5,8-11,13,17,20H,6-7,12H2,1H3,(H,21,22)/t13-/m1/s1. The summed E-state index contributed by atoms with van der Waals surface area (Å²) in [4.78, 5) is 15.7. The van der Waals surface area contributed by atoms with E-state index in [2.05, 4.69) is 46.8 Å². The molecule has 0 aliphatic heterocycles. The van der Waals surface area contributed by atoms with Crippen molar-refractivity contribution < 1.29 is 4.79 Å². The highest BCUT2D eigenvalue weighted by atomic mass is 16.2. The average Bonchev–Trinajstić information content (AvgIpc) is 3.37. The Morgan fingerprint density at radius 1 is 1.14 bits per heavy atom. The third-order valence-electron chi connectivity index (χ3n) is 3.94. The average molecular weight is 295 g/mol. The molecule has 1 aromatic carbocycles. The van der Waals surface area contributed by atoms with Gasteiger partial charge in [0.2, 0.25) is 5.91 Å². The van der Waals surface area contributed by atoms with Gasteiger partial charge < -0.3 is 10.6 Å². The van der Waals surface area contributed by atoms with Crippen LogP contribution in [0.1, 0.15) is 31.4 Å². The molecule has 1 amide bonds. The molecule has 2 N–H and O–H groups in total. The van der Waals surface area contributed by atoms with Crippen LogP contribution in [0.4, 0.5) is 0 Å². The first-order valence-corrected chi connectivity index (χ1v) is 7.75. The van der Waals surface area contributed by atoms with Crippen molar-refractivity contribution in [1.82, 2.24) is 15.6 Å². The van der Waals surface area contributed by atoms with E-state index in [0.717, 1.165) is 18.4 Å². The Hall–Kier alpha value is -2.20. The van der Waals surface area contributed by atoms with Crippen molar-refractivity contribution in [3.05, 3.63) is 54.4 Å². The van der Waals surface area contributed by atoms with Gasteiger partial charge in [-0.15, -0.1) is 0 Å². The molecule has 1 aliphatic rings. The van der Waals surface area contributed by atoms with E-state index in [9.17, 15) is 4.79 Å². The second kappa shape index (κ2) is 6.71. The lowest BCUT2D eigenvalue weighted by atomic mass is 10.0. The van der Waals surface area contributed by atoms with Crippen LogP contribution in [0.2, 0.25) is 0 Å². The van der Waals surface area contributed by atoms with Crippen molar-refractivity contribution in [1.29, 1.82) is 0 Å². The largest absolute Gasteiger partial charge is 0.352 e. The number of benzene rings is 1.